The molecular weight excluding hydrogens is 224 g/mol. The average Bonchev–Trinajstić information content (AvgIpc) is 2.72. The fourth-order valence-corrected chi connectivity index (χ4v) is 1.66. The van der Waals surface area contributed by atoms with Crippen LogP contribution in [0, 0.1) is 11.6 Å². The number of H-pyrrole nitrogens is 1. The molecule has 1 N–H and O–H groups in total. The minimum Gasteiger partial charge on any atom is -0.338 e. The van der Waals surface area contributed by atoms with Crippen LogP contribution in [0.5, 0.6) is 0 Å². The molecule has 0 radical (unpaired) electrons. The van der Waals surface area contributed by atoms with Gasteiger partial charge in [0.05, 0.1) is 17.2 Å². The summed E-state index contributed by atoms with van der Waals surface area (Å²) in [5.41, 5.74) is 1.73. The topological polar surface area (TPSA) is 41.6 Å². The third-order valence-electron chi connectivity index (χ3n) is 2.42. The Morgan fingerprint density at radius 2 is 1.88 bits per heavy atom. The van der Waals surface area contributed by atoms with Gasteiger partial charge in [-0.05, 0) is 24.3 Å². The van der Waals surface area contributed by atoms with Crippen molar-refractivity contribution >= 4 is 11.0 Å². The Bertz CT molecular complexity index is 691. The van der Waals surface area contributed by atoms with Gasteiger partial charge in [-0.15, -0.1) is 0 Å². The zero-order valence-electron chi connectivity index (χ0n) is 8.61. The third-order valence-corrected chi connectivity index (χ3v) is 2.42. The maximum Gasteiger partial charge on any atom is 0.142 e. The predicted octanol–water partition coefficient (Wildman–Crippen LogP) is 2.90. The monoisotopic (exact) mass is 231 g/mol. The number of aromatic amines is 1. The first-order chi connectivity index (χ1) is 8.22. The lowest BCUT2D eigenvalue weighted by Crippen LogP contribution is -1.84. The highest BCUT2D eigenvalue weighted by Gasteiger charge is 2.07. The van der Waals surface area contributed by atoms with E-state index in [2.05, 4.69) is 15.0 Å². The van der Waals surface area contributed by atoms with Gasteiger partial charge in [0.1, 0.15) is 17.5 Å². The van der Waals surface area contributed by atoms with Gasteiger partial charge in [0.2, 0.25) is 0 Å². The molecule has 0 amide bonds. The van der Waals surface area contributed by atoms with Crippen molar-refractivity contribution in [1.29, 1.82) is 0 Å². The predicted molar refractivity (Wildman–Crippen MR) is 59.2 cm³/mol. The van der Waals surface area contributed by atoms with Crippen molar-refractivity contribution in [2.24, 2.45) is 0 Å². The molecule has 17 heavy (non-hydrogen) atoms. The summed E-state index contributed by atoms with van der Waals surface area (Å²) >= 11 is 0. The Hall–Kier alpha value is -2.30. The molecule has 1 aromatic carbocycles. The van der Waals surface area contributed by atoms with E-state index in [-0.39, 0.29) is 5.82 Å². The van der Waals surface area contributed by atoms with E-state index in [1.54, 1.807) is 6.07 Å². The van der Waals surface area contributed by atoms with Crippen LogP contribution in [0.4, 0.5) is 8.78 Å². The molecule has 3 aromatic rings. The highest BCUT2D eigenvalue weighted by molar-refractivity contribution is 5.79. The van der Waals surface area contributed by atoms with Crippen molar-refractivity contribution in [1.82, 2.24) is 15.0 Å². The van der Waals surface area contributed by atoms with E-state index >= 15 is 0 Å². The van der Waals surface area contributed by atoms with Gasteiger partial charge in [0.25, 0.3) is 0 Å². The first-order valence-corrected chi connectivity index (χ1v) is 4.98. The molecule has 0 spiro atoms. The summed E-state index contributed by atoms with van der Waals surface area (Å²) in [7, 11) is 0. The Morgan fingerprint density at radius 1 is 1.00 bits per heavy atom. The van der Waals surface area contributed by atoms with Gasteiger partial charge >= 0.3 is 0 Å². The van der Waals surface area contributed by atoms with Gasteiger partial charge in [0, 0.05) is 11.8 Å². The summed E-state index contributed by atoms with van der Waals surface area (Å²) in [6, 6.07) is 5.56. The quantitative estimate of drug-likeness (QED) is 0.699. The molecule has 3 rings (SSSR count). The Labute approximate surface area is 95.1 Å². The second-order valence-electron chi connectivity index (χ2n) is 3.64. The smallest absolute Gasteiger partial charge is 0.142 e. The lowest BCUT2D eigenvalue weighted by Gasteiger charge is -1.94. The zero-order chi connectivity index (χ0) is 11.8. The molecule has 0 saturated carbocycles. The van der Waals surface area contributed by atoms with E-state index in [4.69, 9.17) is 0 Å². The summed E-state index contributed by atoms with van der Waals surface area (Å²) in [5.74, 6) is -0.309. The largest absolute Gasteiger partial charge is 0.338 e. The normalized spacial score (nSPS) is 10.9. The molecular formula is C12H7F2N3. The van der Waals surface area contributed by atoms with Crippen molar-refractivity contribution in [2.45, 2.75) is 0 Å². The lowest BCUT2D eigenvalue weighted by atomic mass is 10.3. The number of benzene rings is 1. The van der Waals surface area contributed by atoms with Crippen LogP contribution in [0.2, 0.25) is 0 Å². The number of nitrogens with one attached hydrogen (secondary N) is 1. The minimum atomic E-state index is -0.436. The van der Waals surface area contributed by atoms with Crippen molar-refractivity contribution in [2.75, 3.05) is 0 Å². The van der Waals surface area contributed by atoms with Gasteiger partial charge in [-0.3, -0.25) is 4.98 Å². The number of pyridine rings is 1. The van der Waals surface area contributed by atoms with Crippen LogP contribution in [0.3, 0.4) is 0 Å². The van der Waals surface area contributed by atoms with Gasteiger partial charge in [0.15, 0.2) is 0 Å². The Kier molecular flexibility index (Phi) is 2.11. The first kappa shape index (κ1) is 9.89. The average molecular weight is 231 g/mol. The molecule has 84 valence electrons. The fourth-order valence-electron chi connectivity index (χ4n) is 1.66. The number of hydrogen-bond donors (Lipinski definition) is 1. The van der Waals surface area contributed by atoms with Crippen molar-refractivity contribution in [3.05, 3.63) is 48.3 Å². The molecule has 5 heteroatoms. The lowest BCUT2D eigenvalue weighted by molar-refractivity contribution is 0.622. The molecule has 2 aromatic heterocycles. The zero-order valence-corrected chi connectivity index (χ0v) is 8.61. The van der Waals surface area contributed by atoms with E-state index < -0.39 is 5.82 Å². The third kappa shape index (κ3) is 1.75. The number of rotatable bonds is 1. The number of imidazole rings is 1. The van der Waals surface area contributed by atoms with E-state index in [1.165, 1.54) is 24.4 Å². The first-order valence-electron chi connectivity index (χ1n) is 4.98. The van der Waals surface area contributed by atoms with E-state index in [0.29, 0.717) is 22.4 Å². The maximum absolute atomic E-state index is 13.0. The van der Waals surface area contributed by atoms with Crippen LogP contribution < -0.4 is 0 Å². The standard InChI is InChI=1S/C12H7F2N3/c13-8-1-2-10-11(4-8)17-12(16-10)7-3-9(14)6-15-5-7/h1-6H,(H,16,17). The second-order valence-corrected chi connectivity index (χ2v) is 3.64. The molecule has 0 saturated heterocycles. The molecule has 0 aliphatic heterocycles. The Balaban J connectivity index is 2.18. The molecule has 0 bridgehead atoms. The summed E-state index contributed by atoms with van der Waals surface area (Å²) in [5, 5.41) is 0. The van der Waals surface area contributed by atoms with Gasteiger partial charge in [-0.2, -0.15) is 0 Å². The van der Waals surface area contributed by atoms with Crippen LogP contribution in [-0.4, -0.2) is 15.0 Å². The second kappa shape index (κ2) is 3.62. The molecule has 0 aliphatic carbocycles. The number of nitrogens with zero attached hydrogens (tertiary/aromatic N) is 2. The number of fused-ring (bicyclic) bond motifs is 1. The summed E-state index contributed by atoms with van der Waals surface area (Å²) in [4.78, 5) is 10.9. The summed E-state index contributed by atoms with van der Waals surface area (Å²) < 4.78 is 26.0. The van der Waals surface area contributed by atoms with Crippen molar-refractivity contribution < 1.29 is 8.78 Å². The van der Waals surface area contributed by atoms with Gasteiger partial charge in [-0.1, -0.05) is 0 Å². The molecule has 0 unspecified atom stereocenters. The molecule has 3 nitrogen and oxygen atoms in total. The molecule has 0 aliphatic rings. The summed E-state index contributed by atoms with van der Waals surface area (Å²) in [6.45, 7) is 0. The molecule has 2 heterocycles. The minimum absolute atomic E-state index is 0.343. The Morgan fingerprint density at radius 3 is 2.71 bits per heavy atom. The maximum atomic E-state index is 13.0. The van der Waals surface area contributed by atoms with E-state index in [9.17, 15) is 8.78 Å². The van der Waals surface area contributed by atoms with Crippen LogP contribution in [0.15, 0.2) is 36.7 Å². The number of halogens is 2. The summed E-state index contributed by atoms with van der Waals surface area (Å²) in [6.07, 6.45) is 2.61. The van der Waals surface area contributed by atoms with Crippen molar-refractivity contribution in [3.8, 4) is 11.4 Å². The molecule has 0 fully saturated rings. The van der Waals surface area contributed by atoms with E-state index in [1.807, 2.05) is 0 Å². The molecule has 0 atom stereocenters. The number of aromatic nitrogens is 3. The number of hydrogen-bond acceptors (Lipinski definition) is 2. The van der Waals surface area contributed by atoms with Gasteiger partial charge in [-0.25, -0.2) is 13.8 Å². The van der Waals surface area contributed by atoms with Crippen LogP contribution in [0.1, 0.15) is 0 Å². The highest BCUT2D eigenvalue weighted by Crippen LogP contribution is 2.20. The van der Waals surface area contributed by atoms with Crippen LogP contribution in [-0.2, 0) is 0 Å². The van der Waals surface area contributed by atoms with Crippen LogP contribution >= 0.6 is 0 Å². The SMILES string of the molecule is Fc1cncc(-c2nc3ccc(F)cc3[nH]2)c1. The van der Waals surface area contributed by atoms with E-state index in [0.717, 1.165) is 6.20 Å². The fraction of sp³-hybridized carbons (Fsp3) is 0. The highest BCUT2D eigenvalue weighted by atomic mass is 19.1. The van der Waals surface area contributed by atoms with Crippen LogP contribution in [0.25, 0.3) is 22.4 Å². The van der Waals surface area contributed by atoms with Gasteiger partial charge < -0.3 is 4.98 Å². The van der Waals surface area contributed by atoms with Crippen molar-refractivity contribution in [3.63, 3.8) is 0 Å².